The number of pyridine rings is 1. The molecule has 6 heteroatoms. The molecule has 0 saturated carbocycles. The third kappa shape index (κ3) is 2.24. The number of nitrogens with zero attached hydrogens (tertiary/aromatic N) is 4. The van der Waals surface area contributed by atoms with E-state index in [1.807, 2.05) is 10.6 Å². The van der Waals surface area contributed by atoms with Gasteiger partial charge in [0.05, 0.1) is 5.56 Å². The maximum atomic E-state index is 8.71. The van der Waals surface area contributed by atoms with Crippen LogP contribution in [0, 0.1) is 16.1 Å². The van der Waals surface area contributed by atoms with Crippen molar-refractivity contribution in [1.82, 2.24) is 19.7 Å². The smallest absolute Gasteiger partial charge is 0.195 e. The van der Waals surface area contributed by atoms with Crippen molar-refractivity contribution in [2.45, 2.75) is 19.9 Å². The fraction of sp³-hybridized carbons (Fsp3) is 0.273. The van der Waals surface area contributed by atoms with Crippen LogP contribution < -0.4 is 0 Å². The largest absolute Gasteiger partial charge is 0.299 e. The van der Waals surface area contributed by atoms with Gasteiger partial charge in [-0.05, 0) is 30.8 Å². The van der Waals surface area contributed by atoms with Crippen LogP contribution in [-0.4, -0.2) is 19.7 Å². The lowest BCUT2D eigenvalue weighted by Crippen LogP contribution is -2.01. The van der Waals surface area contributed by atoms with Crippen LogP contribution in [0.25, 0.3) is 11.5 Å². The summed E-state index contributed by atoms with van der Waals surface area (Å²) in [5.74, 6) is 0.710. The summed E-state index contributed by atoms with van der Waals surface area (Å²) in [4.78, 5) is 4.20. The zero-order valence-electron chi connectivity index (χ0n) is 9.34. The summed E-state index contributed by atoms with van der Waals surface area (Å²) in [6.45, 7) is 2.87. The highest BCUT2D eigenvalue weighted by Crippen LogP contribution is 2.15. The molecule has 0 unspecified atom stereocenters. The number of nitrogens with one attached hydrogen (secondary N) is 1. The molecule has 0 aliphatic heterocycles. The quantitative estimate of drug-likeness (QED) is 0.842. The van der Waals surface area contributed by atoms with Crippen molar-refractivity contribution in [1.29, 1.82) is 5.26 Å². The van der Waals surface area contributed by atoms with Gasteiger partial charge in [-0.15, -0.1) is 0 Å². The van der Waals surface area contributed by atoms with Gasteiger partial charge in [0.25, 0.3) is 0 Å². The van der Waals surface area contributed by atoms with Gasteiger partial charge in [-0.1, -0.05) is 6.92 Å². The summed E-state index contributed by atoms with van der Waals surface area (Å²) in [7, 11) is 0. The highest BCUT2D eigenvalue weighted by molar-refractivity contribution is 7.71. The normalized spacial score (nSPS) is 10.1. The van der Waals surface area contributed by atoms with E-state index in [0.29, 0.717) is 21.9 Å². The molecular formula is C11H11N5S. The third-order valence-corrected chi connectivity index (χ3v) is 2.64. The Morgan fingerprint density at radius 2 is 2.35 bits per heavy atom. The number of aromatic nitrogens is 4. The number of hydrogen-bond donors (Lipinski definition) is 1. The van der Waals surface area contributed by atoms with Crippen molar-refractivity contribution < 1.29 is 0 Å². The maximum absolute atomic E-state index is 8.71. The molecule has 0 amide bonds. The molecule has 0 aliphatic rings. The first-order valence-electron chi connectivity index (χ1n) is 5.28. The topological polar surface area (TPSA) is 70.3 Å². The van der Waals surface area contributed by atoms with Gasteiger partial charge >= 0.3 is 0 Å². The molecule has 0 atom stereocenters. The van der Waals surface area contributed by atoms with Crippen LogP contribution in [0.1, 0.15) is 18.9 Å². The fourth-order valence-electron chi connectivity index (χ4n) is 1.54. The van der Waals surface area contributed by atoms with Crippen LogP contribution >= 0.6 is 12.2 Å². The first-order chi connectivity index (χ1) is 8.26. The van der Waals surface area contributed by atoms with Crippen LogP contribution in [0.5, 0.6) is 0 Å². The Labute approximate surface area is 104 Å². The maximum Gasteiger partial charge on any atom is 0.195 e. The predicted molar refractivity (Wildman–Crippen MR) is 65.6 cm³/mol. The first kappa shape index (κ1) is 11.5. The molecule has 0 aliphatic carbocycles. The van der Waals surface area contributed by atoms with Crippen molar-refractivity contribution in [2.24, 2.45) is 0 Å². The zero-order chi connectivity index (χ0) is 12.3. The minimum atomic E-state index is 0.532. The molecular weight excluding hydrogens is 234 g/mol. The average molecular weight is 245 g/mol. The van der Waals surface area contributed by atoms with Gasteiger partial charge in [0, 0.05) is 12.7 Å². The number of H-pyrrole nitrogens is 1. The van der Waals surface area contributed by atoms with E-state index < -0.39 is 0 Å². The lowest BCUT2D eigenvalue weighted by Gasteiger charge is -2.03. The summed E-state index contributed by atoms with van der Waals surface area (Å²) >= 11 is 5.15. The molecule has 0 aromatic carbocycles. The van der Waals surface area contributed by atoms with Gasteiger partial charge in [-0.25, -0.2) is 0 Å². The molecule has 0 bridgehead atoms. The Bertz CT molecular complexity index is 602. The average Bonchev–Trinajstić information content (AvgIpc) is 2.72. The Balaban J connectivity index is 2.46. The van der Waals surface area contributed by atoms with Crippen molar-refractivity contribution in [3.63, 3.8) is 0 Å². The van der Waals surface area contributed by atoms with Gasteiger partial charge in [-0.3, -0.25) is 14.6 Å². The molecule has 86 valence electrons. The second-order valence-corrected chi connectivity index (χ2v) is 3.93. The van der Waals surface area contributed by atoms with Gasteiger partial charge in [0.1, 0.15) is 11.8 Å². The third-order valence-electron chi connectivity index (χ3n) is 2.33. The van der Waals surface area contributed by atoms with E-state index in [2.05, 4.69) is 22.1 Å². The van der Waals surface area contributed by atoms with E-state index in [4.69, 9.17) is 17.5 Å². The van der Waals surface area contributed by atoms with E-state index in [9.17, 15) is 0 Å². The number of hydrogen-bond acceptors (Lipinski definition) is 4. The van der Waals surface area contributed by atoms with Crippen LogP contribution in [0.3, 0.4) is 0 Å². The Morgan fingerprint density at radius 3 is 2.94 bits per heavy atom. The van der Waals surface area contributed by atoms with Gasteiger partial charge < -0.3 is 0 Å². The van der Waals surface area contributed by atoms with Crippen molar-refractivity contribution in [3.8, 4) is 17.6 Å². The molecule has 0 radical (unpaired) electrons. The monoisotopic (exact) mass is 245 g/mol. The van der Waals surface area contributed by atoms with Crippen molar-refractivity contribution in [3.05, 3.63) is 28.7 Å². The Kier molecular flexibility index (Phi) is 3.30. The molecule has 0 fully saturated rings. The van der Waals surface area contributed by atoms with Crippen molar-refractivity contribution >= 4 is 12.2 Å². The minimum Gasteiger partial charge on any atom is -0.299 e. The minimum absolute atomic E-state index is 0.532. The molecule has 0 spiro atoms. The Morgan fingerprint density at radius 1 is 1.53 bits per heavy atom. The van der Waals surface area contributed by atoms with E-state index in [-0.39, 0.29) is 0 Å². The second-order valence-electron chi connectivity index (χ2n) is 3.55. The first-order valence-corrected chi connectivity index (χ1v) is 5.68. The number of aromatic amines is 1. The Hall–Kier alpha value is -2.00. The number of nitriles is 1. The fourth-order valence-corrected chi connectivity index (χ4v) is 1.76. The van der Waals surface area contributed by atoms with Crippen LogP contribution in [-0.2, 0) is 6.54 Å². The SMILES string of the molecule is CCCn1c(-c2ccc(C#N)cn2)n[nH]c1=S. The summed E-state index contributed by atoms with van der Waals surface area (Å²) in [5.41, 5.74) is 1.25. The summed E-state index contributed by atoms with van der Waals surface area (Å²) in [6, 6.07) is 5.52. The van der Waals surface area contributed by atoms with Gasteiger partial charge in [0.15, 0.2) is 10.6 Å². The standard InChI is InChI=1S/C11H11N5S/c1-2-5-16-10(14-15-11(16)17)9-4-3-8(6-12)7-13-9/h3-4,7H,2,5H2,1H3,(H,15,17). The highest BCUT2D eigenvalue weighted by Gasteiger charge is 2.09. The summed E-state index contributed by atoms with van der Waals surface area (Å²) in [6.07, 6.45) is 2.50. The molecule has 2 aromatic heterocycles. The molecule has 5 nitrogen and oxygen atoms in total. The molecule has 17 heavy (non-hydrogen) atoms. The summed E-state index contributed by atoms with van der Waals surface area (Å²) < 4.78 is 2.50. The van der Waals surface area contributed by atoms with E-state index >= 15 is 0 Å². The summed E-state index contributed by atoms with van der Waals surface area (Å²) in [5, 5.41) is 15.6. The molecule has 2 aromatic rings. The zero-order valence-corrected chi connectivity index (χ0v) is 10.2. The number of rotatable bonds is 3. The van der Waals surface area contributed by atoms with Crippen LogP contribution in [0.15, 0.2) is 18.3 Å². The highest BCUT2D eigenvalue weighted by atomic mass is 32.1. The predicted octanol–water partition coefficient (Wildman–Crippen LogP) is 2.28. The molecule has 2 heterocycles. The lowest BCUT2D eigenvalue weighted by atomic mass is 10.2. The van der Waals surface area contributed by atoms with Crippen LogP contribution in [0.4, 0.5) is 0 Å². The van der Waals surface area contributed by atoms with Crippen LogP contribution in [0.2, 0.25) is 0 Å². The second kappa shape index (κ2) is 4.89. The van der Waals surface area contributed by atoms with Gasteiger partial charge in [-0.2, -0.15) is 10.4 Å². The lowest BCUT2D eigenvalue weighted by molar-refractivity contribution is 0.673. The molecule has 1 N–H and O–H groups in total. The van der Waals surface area contributed by atoms with Crippen molar-refractivity contribution in [2.75, 3.05) is 0 Å². The molecule has 2 rings (SSSR count). The molecule has 0 saturated heterocycles. The van der Waals surface area contributed by atoms with E-state index in [1.54, 1.807) is 12.1 Å². The van der Waals surface area contributed by atoms with Gasteiger partial charge in [0.2, 0.25) is 0 Å². The van der Waals surface area contributed by atoms with E-state index in [0.717, 1.165) is 13.0 Å². The van der Waals surface area contributed by atoms with E-state index in [1.165, 1.54) is 6.20 Å².